The predicted octanol–water partition coefficient (Wildman–Crippen LogP) is 2.67. The normalized spacial score (nSPS) is 10.8. The molecule has 0 bridgehead atoms. The lowest BCUT2D eigenvalue weighted by Crippen LogP contribution is -2.15. The van der Waals surface area contributed by atoms with Crippen LogP contribution in [0.5, 0.6) is 0 Å². The molecule has 17 heavy (non-hydrogen) atoms. The van der Waals surface area contributed by atoms with Crippen molar-refractivity contribution in [3.8, 4) is 0 Å². The average molecular weight is 252 g/mol. The van der Waals surface area contributed by atoms with Gasteiger partial charge in [0.2, 0.25) is 0 Å². The Hall–Kier alpha value is -1.00. The second-order valence-corrected chi connectivity index (χ2v) is 4.90. The first-order valence-electron chi connectivity index (χ1n) is 5.92. The Labute approximate surface area is 108 Å². The van der Waals surface area contributed by atoms with Gasteiger partial charge < -0.3 is 10.5 Å². The Morgan fingerprint density at radius 1 is 1.53 bits per heavy atom. The van der Waals surface area contributed by atoms with Gasteiger partial charge in [0, 0.05) is 18.4 Å². The van der Waals surface area contributed by atoms with E-state index in [1.165, 1.54) is 6.42 Å². The lowest BCUT2D eigenvalue weighted by molar-refractivity contribution is 0.114. The molecule has 0 amide bonds. The average Bonchev–Trinajstić information content (AvgIpc) is 2.28. The van der Waals surface area contributed by atoms with Crippen LogP contribution in [0.2, 0.25) is 0 Å². The smallest absolute Gasteiger partial charge is 0.123 e. The number of nitrogens with zero attached hydrogens (tertiary/aromatic N) is 1. The molecule has 2 N–H and O–H groups in total. The highest BCUT2D eigenvalue weighted by molar-refractivity contribution is 7.80. The van der Waals surface area contributed by atoms with Crippen molar-refractivity contribution in [3.63, 3.8) is 0 Å². The van der Waals surface area contributed by atoms with Gasteiger partial charge in [0.25, 0.3) is 0 Å². The maximum absolute atomic E-state index is 5.61. The Bertz CT molecular complexity index is 366. The van der Waals surface area contributed by atoms with Gasteiger partial charge >= 0.3 is 0 Å². The van der Waals surface area contributed by atoms with Crippen molar-refractivity contribution in [2.24, 2.45) is 11.7 Å². The molecule has 0 saturated heterocycles. The van der Waals surface area contributed by atoms with Crippen LogP contribution >= 0.6 is 12.2 Å². The van der Waals surface area contributed by atoms with Gasteiger partial charge in [0.05, 0.1) is 6.61 Å². The summed E-state index contributed by atoms with van der Waals surface area (Å²) in [5, 5.41) is 0. The highest BCUT2D eigenvalue weighted by Gasteiger charge is 2.05. The molecule has 94 valence electrons. The zero-order valence-corrected chi connectivity index (χ0v) is 11.3. The van der Waals surface area contributed by atoms with Crippen LogP contribution in [0.15, 0.2) is 18.3 Å². The third-order valence-corrected chi connectivity index (χ3v) is 2.65. The maximum atomic E-state index is 5.61. The van der Waals surface area contributed by atoms with E-state index in [0.717, 1.165) is 24.5 Å². The van der Waals surface area contributed by atoms with Gasteiger partial charge in [0.1, 0.15) is 10.7 Å². The summed E-state index contributed by atoms with van der Waals surface area (Å²) in [6.07, 6.45) is 3.96. The van der Waals surface area contributed by atoms with Crippen LogP contribution in [0.3, 0.4) is 0 Å². The van der Waals surface area contributed by atoms with Crippen molar-refractivity contribution >= 4 is 17.2 Å². The summed E-state index contributed by atoms with van der Waals surface area (Å²) in [6, 6.07) is 3.82. The van der Waals surface area contributed by atoms with Gasteiger partial charge in [-0.05, 0) is 24.8 Å². The van der Waals surface area contributed by atoms with E-state index in [1.54, 1.807) is 6.20 Å². The second-order valence-electron chi connectivity index (χ2n) is 4.46. The molecule has 0 atom stereocenters. The van der Waals surface area contributed by atoms with Crippen LogP contribution < -0.4 is 5.73 Å². The molecule has 1 heterocycles. The van der Waals surface area contributed by atoms with Crippen LogP contribution in [0.4, 0.5) is 0 Å². The molecule has 1 aromatic rings. The lowest BCUT2D eigenvalue weighted by Gasteiger charge is -2.08. The topological polar surface area (TPSA) is 48.1 Å². The number of aromatic nitrogens is 1. The van der Waals surface area contributed by atoms with Gasteiger partial charge in [-0.25, -0.2) is 0 Å². The Balaban J connectivity index is 2.39. The summed E-state index contributed by atoms with van der Waals surface area (Å²) >= 11 is 4.95. The van der Waals surface area contributed by atoms with E-state index in [1.807, 2.05) is 12.1 Å². The van der Waals surface area contributed by atoms with Crippen molar-refractivity contribution in [2.75, 3.05) is 6.61 Å². The molecule has 0 aliphatic heterocycles. The molecule has 0 spiro atoms. The first-order chi connectivity index (χ1) is 8.11. The number of nitrogens with two attached hydrogens (primary N) is 1. The van der Waals surface area contributed by atoms with Crippen molar-refractivity contribution in [1.82, 2.24) is 4.98 Å². The molecule has 0 fully saturated rings. The van der Waals surface area contributed by atoms with Crippen LogP contribution in [0.1, 0.15) is 37.9 Å². The predicted molar refractivity (Wildman–Crippen MR) is 73.9 cm³/mol. The number of pyridine rings is 1. The van der Waals surface area contributed by atoms with Crippen LogP contribution in [0, 0.1) is 5.92 Å². The third-order valence-electron chi connectivity index (χ3n) is 2.45. The fourth-order valence-electron chi connectivity index (χ4n) is 1.55. The highest BCUT2D eigenvalue weighted by Crippen LogP contribution is 2.08. The van der Waals surface area contributed by atoms with Gasteiger partial charge in [-0.15, -0.1) is 0 Å². The van der Waals surface area contributed by atoms with Crippen molar-refractivity contribution < 1.29 is 4.74 Å². The maximum Gasteiger partial charge on any atom is 0.123 e. The zero-order chi connectivity index (χ0) is 12.7. The van der Waals surface area contributed by atoms with Crippen LogP contribution in [0.25, 0.3) is 0 Å². The van der Waals surface area contributed by atoms with E-state index >= 15 is 0 Å². The largest absolute Gasteiger partial charge is 0.388 e. The lowest BCUT2D eigenvalue weighted by atomic mass is 10.1. The number of hydrogen-bond acceptors (Lipinski definition) is 3. The van der Waals surface area contributed by atoms with Gasteiger partial charge in [0.15, 0.2) is 0 Å². The zero-order valence-electron chi connectivity index (χ0n) is 10.5. The fourth-order valence-corrected chi connectivity index (χ4v) is 1.74. The molecular formula is C13H20N2OS. The molecule has 0 aliphatic rings. The summed E-state index contributed by atoms with van der Waals surface area (Å²) in [5.74, 6) is 0.726. The van der Waals surface area contributed by atoms with Crippen molar-refractivity contribution in [3.05, 3.63) is 29.6 Å². The molecular weight excluding hydrogens is 232 g/mol. The second kappa shape index (κ2) is 7.35. The Morgan fingerprint density at radius 3 is 2.94 bits per heavy atom. The molecule has 0 aliphatic carbocycles. The molecule has 3 nitrogen and oxygen atoms in total. The van der Waals surface area contributed by atoms with Gasteiger partial charge in [-0.2, -0.15) is 0 Å². The van der Waals surface area contributed by atoms with E-state index in [0.29, 0.717) is 17.3 Å². The molecule has 0 unspecified atom stereocenters. The van der Waals surface area contributed by atoms with Gasteiger partial charge in [-0.1, -0.05) is 32.1 Å². The minimum atomic E-state index is 0.325. The van der Waals surface area contributed by atoms with E-state index < -0.39 is 0 Å². The first kappa shape index (κ1) is 14.1. The van der Waals surface area contributed by atoms with E-state index in [4.69, 9.17) is 22.7 Å². The summed E-state index contributed by atoms with van der Waals surface area (Å²) in [5.41, 5.74) is 7.23. The number of ether oxygens (including phenoxy) is 1. The van der Waals surface area contributed by atoms with Crippen molar-refractivity contribution in [1.29, 1.82) is 0 Å². The number of hydrogen-bond donors (Lipinski definition) is 1. The fraction of sp³-hybridized carbons (Fsp3) is 0.538. The number of thiocarbonyl (C=S) groups is 1. The molecule has 1 aromatic heterocycles. The summed E-state index contributed by atoms with van der Waals surface area (Å²) < 4.78 is 5.61. The molecule has 0 saturated carbocycles. The molecule has 0 aromatic carbocycles. The summed E-state index contributed by atoms with van der Waals surface area (Å²) in [7, 11) is 0. The monoisotopic (exact) mass is 252 g/mol. The first-order valence-corrected chi connectivity index (χ1v) is 6.33. The highest BCUT2D eigenvalue weighted by atomic mass is 32.1. The standard InChI is InChI=1S/C13H20N2OS/c1-10(2)5-4-8-16-9-11-6-3-7-15-12(11)13(14)17/h3,6-7,10H,4-5,8-9H2,1-2H3,(H2,14,17). The quantitative estimate of drug-likeness (QED) is 0.598. The van der Waals surface area contributed by atoms with Crippen molar-refractivity contribution in [2.45, 2.75) is 33.3 Å². The van der Waals surface area contributed by atoms with E-state index in [9.17, 15) is 0 Å². The minimum absolute atomic E-state index is 0.325. The SMILES string of the molecule is CC(C)CCCOCc1cccnc1C(N)=S. The van der Waals surface area contributed by atoms with E-state index in [2.05, 4.69) is 18.8 Å². The Morgan fingerprint density at radius 2 is 2.29 bits per heavy atom. The van der Waals surface area contributed by atoms with Crippen LogP contribution in [-0.4, -0.2) is 16.6 Å². The van der Waals surface area contributed by atoms with E-state index in [-0.39, 0.29) is 0 Å². The molecule has 4 heteroatoms. The summed E-state index contributed by atoms with van der Waals surface area (Å²) in [6.45, 7) is 5.72. The molecule has 0 radical (unpaired) electrons. The number of rotatable bonds is 7. The van der Waals surface area contributed by atoms with Gasteiger partial charge in [-0.3, -0.25) is 4.98 Å². The minimum Gasteiger partial charge on any atom is -0.388 e. The van der Waals surface area contributed by atoms with Crippen LogP contribution in [-0.2, 0) is 11.3 Å². The Kier molecular flexibility index (Phi) is 6.08. The third kappa shape index (κ3) is 5.24. The molecule has 1 rings (SSSR count). The summed E-state index contributed by atoms with van der Waals surface area (Å²) in [4.78, 5) is 4.48.